The normalized spacial score (nSPS) is 12.2. The second-order valence-corrected chi connectivity index (χ2v) is 4.41. The Bertz CT molecular complexity index is 654. The van der Waals surface area contributed by atoms with E-state index in [1.165, 1.54) is 0 Å². The van der Waals surface area contributed by atoms with Crippen LogP contribution in [-0.4, -0.2) is 26.5 Å². The number of nitrogens with zero attached hydrogens (tertiary/aromatic N) is 1. The standard InChI is InChI=1S/C11H17N5O2/c1-3-11(4-2,5-12)9-13-6-7(14-9)15-10(18)16-8(6)17/h3-5,12H2,1-2H3,(H3,13,14,15,16,17,18). The Hall–Kier alpha value is -1.89. The molecule has 0 aliphatic heterocycles. The van der Waals surface area contributed by atoms with E-state index in [0.29, 0.717) is 12.4 Å². The third-order valence-corrected chi connectivity index (χ3v) is 3.64. The number of nitrogens with one attached hydrogen (secondary N) is 3. The number of H-pyrrole nitrogens is 3. The molecule has 18 heavy (non-hydrogen) atoms. The van der Waals surface area contributed by atoms with Crippen LogP contribution < -0.4 is 17.0 Å². The third kappa shape index (κ3) is 1.76. The maximum absolute atomic E-state index is 11.6. The highest BCUT2D eigenvalue weighted by molar-refractivity contribution is 5.68. The topological polar surface area (TPSA) is 120 Å². The summed E-state index contributed by atoms with van der Waals surface area (Å²) in [6, 6.07) is 0. The summed E-state index contributed by atoms with van der Waals surface area (Å²) in [4.78, 5) is 34.8. The Morgan fingerprint density at radius 3 is 2.39 bits per heavy atom. The molecule has 0 atom stereocenters. The van der Waals surface area contributed by atoms with Crippen molar-refractivity contribution in [3.63, 3.8) is 0 Å². The fourth-order valence-electron chi connectivity index (χ4n) is 2.15. The highest BCUT2D eigenvalue weighted by Crippen LogP contribution is 2.28. The first-order valence-electron chi connectivity index (χ1n) is 5.99. The zero-order valence-corrected chi connectivity index (χ0v) is 10.5. The highest BCUT2D eigenvalue weighted by atomic mass is 16.2. The number of imidazole rings is 1. The van der Waals surface area contributed by atoms with Crippen LogP contribution in [0.15, 0.2) is 9.59 Å². The molecule has 0 fully saturated rings. The Kier molecular flexibility index (Phi) is 3.08. The molecule has 2 aromatic rings. The van der Waals surface area contributed by atoms with E-state index >= 15 is 0 Å². The van der Waals surface area contributed by atoms with Gasteiger partial charge in [0.25, 0.3) is 5.56 Å². The van der Waals surface area contributed by atoms with Crippen LogP contribution in [0.3, 0.4) is 0 Å². The van der Waals surface area contributed by atoms with Crippen LogP contribution in [0.5, 0.6) is 0 Å². The molecule has 2 heterocycles. The minimum atomic E-state index is -0.558. The maximum Gasteiger partial charge on any atom is 0.327 e. The Morgan fingerprint density at radius 2 is 1.83 bits per heavy atom. The van der Waals surface area contributed by atoms with Crippen molar-refractivity contribution in [2.45, 2.75) is 32.1 Å². The van der Waals surface area contributed by atoms with E-state index in [4.69, 9.17) is 5.73 Å². The van der Waals surface area contributed by atoms with E-state index in [2.05, 4.69) is 19.9 Å². The van der Waals surface area contributed by atoms with Gasteiger partial charge in [0.2, 0.25) is 0 Å². The first kappa shape index (κ1) is 12.6. The molecule has 7 nitrogen and oxygen atoms in total. The fraction of sp³-hybridized carbons (Fsp3) is 0.545. The number of hydrogen-bond donors (Lipinski definition) is 4. The van der Waals surface area contributed by atoms with Crippen molar-refractivity contribution < 1.29 is 0 Å². The lowest BCUT2D eigenvalue weighted by atomic mass is 9.82. The third-order valence-electron chi connectivity index (χ3n) is 3.64. The van der Waals surface area contributed by atoms with Crippen molar-refractivity contribution in [1.82, 2.24) is 19.9 Å². The molecule has 0 spiro atoms. The predicted molar refractivity (Wildman–Crippen MR) is 68.6 cm³/mol. The minimum absolute atomic E-state index is 0.276. The summed E-state index contributed by atoms with van der Waals surface area (Å²) in [5.74, 6) is 0.650. The molecule has 0 amide bonds. The van der Waals surface area contributed by atoms with Gasteiger partial charge in [-0.2, -0.15) is 0 Å². The lowest BCUT2D eigenvalue weighted by Crippen LogP contribution is -2.35. The van der Waals surface area contributed by atoms with Crippen LogP contribution in [0.25, 0.3) is 11.2 Å². The molecule has 0 bridgehead atoms. The average molecular weight is 251 g/mol. The molecule has 2 rings (SSSR count). The van der Waals surface area contributed by atoms with Gasteiger partial charge >= 0.3 is 5.69 Å². The molecule has 0 radical (unpaired) electrons. The average Bonchev–Trinajstić information content (AvgIpc) is 2.77. The van der Waals surface area contributed by atoms with E-state index in [-0.39, 0.29) is 16.6 Å². The SMILES string of the molecule is CCC(CC)(CN)c1nc2[nH]c(=O)[nH]c(=O)c2[nH]1. The molecule has 0 saturated heterocycles. The first-order valence-corrected chi connectivity index (χ1v) is 5.99. The lowest BCUT2D eigenvalue weighted by molar-refractivity contribution is 0.387. The summed E-state index contributed by atoms with van der Waals surface area (Å²) < 4.78 is 0. The zero-order chi connectivity index (χ0) is 13.3. The molecular weight excluding hydrogens is 234 g/mol. The van der Waals surface area contributed by atoms with Crippen LogP contribution in [-0.2, 0) is 5.41 Å². The van der Waals surface area contributed by atoms with Crippen molar-refractivity contribution in [3.05, 3.63) is 26.7 Å². The van der Waals surface area contributed by atoms with Gasteiger partial charge in [0.05, 0.1) is 0 Å². The first-order chi connectivity index (χ1) is 8.56. The lowest BCUT2D eigenvalue weighted by Gasteiger charge is -2.27. The molecule has 7 heteroatoms. The highest BCUT2D eigenvalue weighted by Gasteiger charge is 2.30. The number of hydrogen-bond acceptors (Lipinski definition) is 4. The predicted octanol–water partition coefficient (Wildman–Crippen LogP) is -0.0440. The van der Waals surface area contributed by atoms with Gasteiger partial charge < -0.3 is 10.7 Å². The van der Waals surface area contributed by atoms with E-state index in [1.807, 2.05) is 13.8 Å². The van der Waals surface area contributed by atoms with Crippen molar-refractivity contribution in [3.8, 4) is 0 Å². The number of nitrogens with two attached hydrogens (primary N) is 1. The zero-order valence-electron chi connectivity index (χ0n) is 10.5. The second-order valence-electron chi connectivity index (χ2n) is 4.41. The van der Waals surface area contributed by atoms with Crippen molar-refractivity contribution in [1.29, 1.82) is 0 Å². The van der Waals surface area contributed by atoms with Crippen molar-refractivity contribution >= 4 is 11.2 Å². The van der Waals surface area contributed by atoms with Gasteiger partial charge in [-0.25, -0.2) is 9.78 Å². The molecule has 98 valence electrons. The molecule has 0 unspecified atom stereocenters. The van der Waals surface area contributed by atoms with Gasteiger partial charge in [0.1, 0.15) is 11.3 Å². The van der Waals surface area contributed by atoms with E-state index in [1.54, 1.807) is 0 Å². The van der Waals surface area contributed by atoms with Gasteiger partial charge in [-0.1, -0.05) is 13.8 Å². The maximum atomic E-state index is 11.6. The van der Waals surface area contributed by atoms with E-state index in [0.717, 1.165) is 12.8 Å². The Morgan fingerprint density at radius 1 is 1.17 bits per heavy atom. The summed E-state index contributed by atoms with van der Waals surface area (Å²) in [6.07, 6.45) is 1.61. The van der Waals surface area contributed by atoms with Gasteiger partial charge in [0, 0.05) is 12.0 Å². The van der Waals surface area contributed by atoms with E-state index < -0.39 is 11.2 Å². The summed E-state index contributed by atoms with van der Waals surface area (Å²) in [5.41, 5.74) is 5.08. The van der Waals surface area contributed by atoms with Gasteiger partial charge in [-0.15, -0.1) is 0 Å². The molecule has 0 saturated carbocycles. The minimum Gasteiger partial charge on any atom is -0.336 e. The van der Waals surface area contributed by atoms with Crippen LogP contribution in [0.2, 0.25) is 0 Å². The number of aromatic nitrogens is 4. The molecular formula is C11H17N5O2. The molecule has 2 aromatic heterocycles. The fourth-order valence-corrected chi connectivity index (χ4v) is 2.15. The van der Waals surface area contributed by atoms with Crippen LogP contribution >= 0.6 is 0 Å². The molecule has 5 N–H and O–H groups in total. The van der Waals surface area contributed by atoms with Crippen LogP contribution in [0.4, 0.5) is 0 Å². The van der Waals surface area contributed by atoms with E-state index in [9.17, 15) is 9.59 Å². The monoisotopic (exact) mass is 251 g/mol. The van der Waals surface area contributed by atoms with Crippen molar-refractivity contribution in [2.24, 2.45) is 5.73 Å². The van der Waals surface area contributed by atoms with Crippen LogP contribution in [0, 0.1) is 0 Å². The van der Waals surface area contributed by atoms with Gasteiger partial charge in [-0.05, 0) is 12.8 Å². The summed E-state index contributed by atoms with van der Waals surface area (Å²) >= 11 is 0. The number of rotatable bonds is 4. The summed E-state index contributed by atoms with van der Waals surface area (Å²) in [6.45, 7) is 4.48. The van der Waals surface area contributed by atoms with Crippen molar-refractivity contribution in [2.75, 3.05) is 6.54 Å². The number of fused-ring (bicyclic) bond motifs is 1. The summed E-state index contributed by atoms with van der Waals surface area (Å²) in [5, 5.41) is 0. The smallest absolute Gasteiger partial charge is 0.327 e. The largest absolute Gasteiger partial charge is 0.336 e. The van der Waals surface area contributed by atoms with Crippen LogP contribution in [0.1, 0.15) is 32.5 Å². The molecule has 0 aliphatic carbocycles. The van der Waals surface area contributed by atoms with Gasteiger partial charge in [-0.3, -0.25) is 14.8 Å². The number of aromatic amines is 3. The molecule has 0 aliphatic rings. The Labute approximate surface area is 103 Å². The second kappa shape index (κ2) is 4.41. The quantitative estimate of drug-likeness (QED) is 0.609. The Balaban J connectivity index is 2.70. The van der Waals surface area contributed by atoms with Gasteiger partial charge in [0.15, 0.2) is 5.65 Å². The molecule has 0 aromatic carbocycles. The summed E-state index contributed by atoms with van der Waals surface area (Å²) in [7, 11) is 0.